The van der Waals surface area contributed by atoms with Crippen molar-refractivity contribution in [1.29, 1.82) is 0 Å². The van der Waals surface area contributed by atoms with Crippen LogP contribution in [0.5, 0.6) is 5.75 Å². The number of rotatable bonds is 3. The molecule has 1 aromatic rings. The SMILES string of the molecule is NC(=O)c1ccc2c(c1O)[C@@]13CCCC[C@H]1[C@@H](C2)C(CC1CCC1)CC3. The van der Waals surface area contributed by atoms with E-state index in [-0.39, 0.29) is 11.2 Å². The van der Waals surface area contributed by atoms with Crippen molar-refractivity contribution in [1.82, 2.24) is 0 Å². The molecule has 26 heavy (non-hydrogen) atoms. The molecule has 5 rings (SSSR count). The molecule has 4 aliphatic carbocycles. The van der Waals surface area contributed by atoms with Crippen LogP contribution in [0.1, 0.15) is 85.7 Å². The fourth-order valence-corrected chi connectivity index (χ4v) is 7.19. The van der Waals surface area contributed by atoms with E-state index >= 15 is 0 Å². The summed E-state index contributed by atoms with van der Waals surface area (Å²) in [7, 11) is 0. The molecule has 3 saturated carbocycles. The van der Waals surface area contributed by atoms with Gasteiger partial charge in [-0.25, -0.2) is 0 Å². The Morgan fingerprint density at radius 3 is 2.69 bits per heavy atom. The van der Waals surface area contributed by atoms with Gasteiger partial charge >= 0.3 is 0 Å². The largest absolute Gasteiger partial charge is 0.507 e. The summed E-state index contributed by atoms with van der Waals surface area (Å²) in [4.78, 5) is 11.8. The first-order chi connectivity index (χ1) is 12.6. The smallest absolute Gasteiger partial charge is 0.252 e. The average Bonchev–Trinajstić information content (AvgIpc) is 2.59. The minimum absolute atomic E-state index is 0.0994. The molecule has 0 saturated heterocycles. The standard InChI is InChI=1S/C23H31NO2/c24-22(26)17-8-7-16-13-18-15(12-14-4-3-5-14)9-11-23(20(16)21(17)25)10-2-1-6-19(18)23/h7-8,14-15,18-19,25H,1-6,9-13H2,(H2,24,26)/t15?,18-,19-,23+/m0/s1. The van der Waals surface area contributed by atoms with Crippen LogP contribution in [0.25, 0.3) is 0 Å². The van der Waals surface area contributed by atoms with Gasteiger partial charge in [-0.3, -0.25) is 4.79 Å². The molecule has 1 unspecified atom stereocenters. The Kier molecular flexibility index (Phi) is 3.84. The highest BCUT2D eigenvalue weighted by Gasteiger charge is 2.55. The minimum Gasteiger partial charge on any atom is -0.507 e. The maximum Gasteiger partial charge on any atom is 0.252 e. The first kappa shape index (κ1) is 16.6. The molecule has 0 aliphatic heterocycles. The Balaban J connectivity index is 1.58. The predicted octanol–water partition coefficient (Wildman–Crippen LogP) is 4.69. The fourth-order valence-electron chi connectivity index (χ4n) is 7.19. The molecule has 3 nitrogen and oxygen atoms in total. The molecule has 0 heterocycles. The van der Waals surface area contributed by atoms with Crippen molar-refractivity contribution < 1.29 is 9.90 Å². The van der Waals surface area contributed by atoms with E-state index < -0.39 is 5.91 Å². The summed E-state index contributed by atoms with van der Waals surface area (Å²) in [5.74, 6) is 3.01. The van der Waals surface area contributed by atoms with Crippen molar-refractivity contribution in [2.24, 2.45) is 29.4 Å². The van der Waals surface area contributed by atoms with Crippen molar-refractivity contribution in [2.75, 3.05) is 0 Å². The summed E-state index contributed by atoms with van der Waals surface area (Å²) in [5, 5.41) is 11.0. The van der Waals surface area contributed by atoms with E-state index in [1.807, 2.05) is 0 Å². The summed E-state index contributed by atoms with van der Waals surface area (Å²) >= 11 is 0. The van der Waals surface area contributed by atoms with E-state index in [9.17, 15) is 9.90 Å². The number of amides is 1. The first-order valence-corrected chi connectivity index (χ1v) is 10.8. The average molecular weight is 354 g/mol. The zero-order valence-corrected chi connectivity index (χ0v) is 15.7. The van der Waals surface area contributed by atoms with Crippen molar-refractivity contribution >= 4 is 5.91 Å². The zero-order chi connectivity index (χ0) is 17.9. The third-order valence-electron chi connectivity index (χ3n) is 8.53. The molecule has 4 atom stereocenters. The van der Waals surface area contributed by atoms with Crippen LogP contribution in [0, 0.1) is 23.7 Å². The number of aromatic hydroxyl groups is 1. The van der Waals surface area contributed by atoms with Crippen LogP contribution in [0.4, 0.5) is 0 Å². The number of phenols is 1. The van der Waals surface area contributed by atoms with Gasteiger partial charge in [0.2, 0.25) is 0 Å². The lowest BCUT2D eigenvalue weighted by atomic mass is 9.46. The van der Waals surface area contributed by atoms with E-state index in [4.69, 9.17) is 5.73 Å². The third-order valence-corrected chi connectivity index (χ3v) is 8.53. The highest BCUT2D eigenvalue weighted by molar-refractivity contribution is 5.96. The van der Waals surface area contributed by atoms with E-state index in [1.54, 1.807) is 6.07 Å². The Hall–Kier alpha value is -1.51. The highest BCUT2D eigenvalue weighted by Crippen LogP contribution is 2.63. The number of carbonyl (C=O) groups excluding carboxylic acids is 1. The summed E-state index contributed by atoms with van der Waals surface area (Å²) < 4.78 is 0. The van der Waals surface area contributed by atoms with Gasteiger partial charge in [0.25, 0.3) is 5.91 Å². The Labute approximate surface area is 156 Å². The second-order valence-electron chi connectivity index (χ2n) is 9.57. The number of nitrogens with two attached hydrogens (primary N) is 1. The van der Waals surface area contributed by atoms with Crippen molar-refractivity contribution in [3.05, 3.63) is 28.8 Å². The topological polar surface area (TPSA) is 63.3 Å². The van der Waals surface area contributed by atoms with Crippen molar-refractivity contribution in [2.45, 2.75) is 76.0 Å². The minimum atomic E-state index is -0.505. The molecule has 0 aromatic heterocycles. The maximum absolute atomic E-state index is 11.8. The quantitative estimate of drug-likeness (QED) is 0.828. The summed E-state index contributed by atoms with van der Waals surface area (Å²) in [6.45, 7) is 0. The van der Waals surface area contributed by atoms with Gasteiger partial charge in [0, 0.05) is 11.0 Å². The lowest BCUT2D eigenvalue weighted by Gasteiger charge is -2.58. The molecule has 4 aliphatic rings. The number of hydrogen-bond donors (Lipinski definition) is 2. The molecule has 3 N–H and O–H groups in total. The second kappa shape index (κ2) is 6.00. The molecule has 2 bridgehead atoms. The summed E-state index contributed by atoms with van der Waals surface area (Å²) in [5.41, 5.74) is 8.37. The van der Waals surface area contributed by atoms with Gasteiger partial charge in [0.15, 0.2) is 0 Å². The van der Waals surface area contributed by atoms with Gasteiger partial charge < -0.3 is 10.8 Å². The third kappa shape index (κ3) is 2.28. The van der Waals surface area contributed by atoms with Crippen molar-refractivity contribution in [3.8, 4) is 5.75 Å². The molecule has 0 spiro atoms. The predicted molar refractivity (Wildman–Crippen MR) is 102 cm³/mol. The van der Waals surface area contributed by atoms with E-state index in [2.05, 4.69) is 6.07 Å². The normalized spacial score (nSPS) is 35.9. The number of carbonyl (C=O) groups is 1. The van der Waals surface area contributed by atoms with Gasteiger partial charge in [-0.2, -0.15) is 0 Å². The Morgan fingerprint density at radius 2 is 1.96 bits per heavy atom. The summed E-state index contributed by atoms with van der Waals surface area (Å²) in [6.07, 6.45) is 14.4. The van der Waals surface area contributed by atoms with E-state index in [0.717, 1.165) is 29.7 Å². The number of hydrogen-bond acceptors (Lipinski definition) is 2. The van der Waals surface area contributed by atoms with Crippen LogP contribution in [0.15, 0.2) is 12.1 Å². The van der Waals surface area contributed by atoms with Crippen LogP contribution in [-0.4, -0.2) is 11.0 Å². The number of benzene rings is 1. The van der Waals surface area contributed by atoms with Crippen LogP contribution in [-0.2, 0) is 11.8 Å². The van der Waals surface area contributed by atoms with Crippen LogP contribution in [0.3, 0.4) is 0 Å². The lowest BCUT2D eigenvalue weighted by Crippen LogP contribution is -2.52. The number of primary amides is 1. The monoisotopic (exact) mass is 353 g/mol. The highest BCUT2D eigenvalue weighted by atomic mass is 16.3. The van der Waals surface area contributed by atoms with Gasteiger partial charge in [0.1, 0.15) is 5.75 Å². The maximum atomic E-state index is 11.8. The Bertz CT molecular complexity index is 738. The van der Waals surface area contributed by atoms with Crippen LogP contribution < -0.4 is 5.73 Å². The first-order valence-electron chi connectivity index (χ1n) is 10.8. The molecular weight excluding hydrogens is 322 g/mol. The number of fused-ring (bicyclic) bond motifs is 1. The van der Waals surface area contributed by atoms with Gasteiger partial charge in [-0.1, -0.05) is 38.2 Å². The lowest BCUT2D eigenvalue weighted by molar-refractivity contribution is -0.00337. The second-order valence-corrected chi connectivity index (χ2v) is 9.57. The van der Waals surface area contributed by atoms with Crippen molar-refractivity contribution in [3.63, 3.8) is 0 Å². The molecule has 1 amide bonds. The Morgan fingerprint density at radius 1 is 1.12 bits per heavy atom. The summed E-state index contributed by atoms with van der Waals surface area (Å²) in [6, 6.07) is 3.85. The molecular formula is C23H31NO2. The van der Waals surface area contributed by atoms with E-state index in [0.29, 0.717) is 11.5 Å². The molecule has 3 fully saturated rings. The van der Waals surface area contributed by atoms with Gasteiger partial charge in [0.05, 0.1) is 5.56 Å². The zero-order valence-electron chi connectivity index (χ0n) is 15.7. The fraction of sp³-hybridized carbons (Fsp3) is 0.696. The van der Waals surface area contributed by atoms with Gasteiger partial charge in [-0.05, 0) is 73.8 Å². The molecule has 3 heteroatoms. The molecule has 0 radical (unpaired) electrons. The van der Waals surface area contributed by atoms with Crippen LogP contribution >= 0.6 is 0 Å². The van der Waals surface area contributed by atoms with Gasteiger partial charge in [-0.15, -0.1) is 0 Å². The van der Waals surface area contributed by atoms with E-state index in [1.165, 1.54) is 69.8 Å². The molecule has 1 aromatic carbocycles. The van der Waals surface area contributed by atoms with Crippen LogP contribution in [0.2, 0.25) is 0 Å². The molecule has 140 valence electrons.